The molecule has 8 heteroatoms. The van der Waals surface area contributed by atoms with Gasteiger partial charge in [-0.05, 0) is 36.4 Å². The Hall–Kier alpha value is -2.54. The van der Waals surface area contributed by atoms with E-state index in [0.717, 1.165) is 18.2 Å². The predicted octanol–water partition coefficient (Wildman–Crippen LogP) is 3.36. The summed E-state index contributed by atoms with van der Waals surface area (Å²) in [5.41, 5.74) is -0.0535. The third kappa shape index (κ3) is 3.67. The van der Waals surface area contributed by atoms with Crippen molar-refractivity contribution in [2.75, 3.05) is 26.2 Å². The molecule has 1 saturated heterocycles. The molecule has 0 unspecified atom stereocenters. The molecule has 0 aromatic heterocycles. The number of hydrogen-bond donors (Lipinski definition) is 0. The van der Waals surface area contributed by atoms with Gasteiger partial charge in [-0.15, -0.1) is 0 Å². The van der Waals surface area contributed by atoms with Crippen LogP contribution in [0, 0.1) is 17.5 Å². The van der Waals surface area contributed by atoms with Gasteiger partial charge in [-0.2, -0.15) is 0 Å². The SMILES string of the molecule is O=C(c1ccc(F)c(F)c1)N1CCN(C(=O)c2ccc(Cl)cc2F)CC1. The first-order valence-electron chi connectivity index (χ1n) is 7.85. The molecule has 26 heavy (non-hydrogen) atoms. The Labute approximate surface area is 152 Å². The standard InChI is InChI=1S/C18H14ClF3N2O2/c19-12-2-3-13(15(21)10-12)18(26)24-7-5-23(6-8-24)17(25)11-1-4-14(20)16(22)9-11/h1-4,9-10H,5-8H2. The highest BCUT2D eigenvalue weighted by Gasteiger charge is 2.27. The summed E-state index contributed by atoms with van der Waals surface area (Å²) in [4.78, 5) is 27.6. The fourth-order valence-corrected chi connectivity index (χ4v) is 2.92. The molecule has 4 nitrogen and oxygen atoms in total. The van der Waals surface area contributed by atoms with E-state index in [1.165, 1.54) is 28.0 Å². The average molecular weight is 383 g/mol. The van der Waals surface area contributed by atoms with Crippen LogP contribution >= 0.6 is 11.6 Å². The van der Waals surface area contributed by atoms with E-state index in [4.69, 9.17) is 11.6 Å². The summed E-state index contributed by atoms with van der Waals surface area (Å²) in [6.07, 6.45) is 0. The first-order valence-corrected chi connectivity index (χ1v) is 8.23. The second-order valence-corrected chi connectivity index (χ2v) is 6.27. The molecule has 0 N–H and O–H groups in total. The Bertz CT molecular complexity index is 868. The third-order valence-corrected chi connectivity index (χ3v) is 4.42. The van der Waals surface area contributed by atoms with Crippen LogP contribution in [-0.4, -0.2) is 47.8 Å². The van der Waals surface area contributed by atoms with Crippen LogP contribution in [0.5, 0.6) is 0 Å². The largest absolute Gasteiger partial charge is 0.335 e. The topological polar surface area (TPSA) is 40.6 Å². The number of carbonyl (C=O) groups excluding carboxylic acids is 2. The van der Waals surface area contributed by atoms with Crippen molar-refractivity contribution in [3.8, 4) is 0 Å². The Balaban J connectivity index is 1.66. The lowest BCUT2D eigenvalue weighted by molar-refractivity contribution is 0.0532. The lowest BCUT2D eigenvalue weighted by atomic mass is 10.1. The van der Waals surface area contributed by atoms with Crippen molar-refractivity contribution >= 4 is 23.4 Å². The number of piperazine rings is 1. The van der Waals surface area contributed by atoms with Crippen molar-refractivity contribution in [3.63, 3.8) is 0 Å². The predicted molar refractivity (Wildman–Crippen MR) is 89.6 cm³/mol. The van der Waals surface area contributed by atoms with Gasteiger partial charge in [-0.25, -0.2) is 13.2 Å². The zero-order valence-electron chi connectivity index (χ0n) is 13.5. The van der Waals surface area contributed by atoms with Gasteiger partial charge in [0.1, 0.15) is 5.82 Å². The second-order valence-electron chi connectivity index (χ2n) is 5.84. The summed E-state index contributed by atoms with van der Waals surface area (Å²) < 4.78 is 40.2. The molecular weight excluding hydrogens is 369 g/mol. The van der Waals surface area contributed by atoms with Crippen LogP contribution < -0.4 is 0 Å². The minimum atomic E-state index is -1.09. The first-order chi connectivity index (χ1) is 12.4. The van der Waals surface area contributed by atoms with E-state index in [1.807, 2.05) is 0 Å². The number of halogens is 4. The van der Waals surface area contributed by atoms with Gasteiger partial charge in [0.15, 0.2) is 11.6 Å². The van der Waals surface area contributed by atoms with Crippen molar-refractivity contribution < 1.29 is 22.8 Å². The monoisotopic (exact) mass is 382 g/mol. The summed E-state index contributed by atoms with van der Waals surface area (Å²) in [5, 5.41) is 0.195. The zero-order chi connectivity index (χ0) is 18.8. The molecular formula is C18H14ClF3N2O2. The van der Waals surface area contributed by atoms with Gasteiger partial charge in [-0.3, -0.25) is 9.59 Å². The quantitative estimate of drug-likeness (QED) is 0.799. The van der Waals surface area contributed by atoms with Gasteiger partial charge in [0.25, 0.3) is 11.8 Å². The molecule has 2 aromatic rings. The maximum atomic E-state index is 13.9. The number of carbonyl (C=O) groups is 2. The summed E-state index contributed by atoms with van der Waals surface area (Å²) in [5.74, 6) is -3.76. The van der Waals surface area contributed by atoms with Crippen LogP contribution in [0.25, 0.3) is 0 Å². The van der Waals surface area contributed by atoms with Crippen LogP contribution in [0.15, 0.2) is 36.4 Å². The lowest BCUT2D eigenvalue weighted by Gasteiger charge is -2.35. The number of nitrogens with zero attached hydrogens (tertiary/aromatic N) is 2. The van der Waals surface area contributed by atoms with Gasteiger partial charge >= 0.3 is 0 Å². The molecule has 0 atom stereocenters. The van der Waals surface area contributed by atoms with Crippen LogP contribution in [0.4, 0.5) is 13.2 Å². The van der Waals surface area contributed by atoms with Crippen molar-refractivity contribution in [3.05, 3.63) is 70.0 Å². The van der Waals surface area contributed by atoms with Crippen LogP contribution in [0.3, 0.4) is 0 Å². The van der Waals surface area contributed by atoms with Crippen LogP contribution in [0.1, 0.15) is 20.7 Å². The highest BCUT2D eigenvalue weighted by molar-refractivity contribution is 6.30. The van der Waals surface area contributed by atoms with E-state index in [2.05, 4.69) is 0 Å². The normalized spacial score (nSPS) is 14.5. The number of benzene rings is 2. The number of rotatable bonds is 2. The van der Waals surface area contributed by atoms with E-state index < -0.39 is 29.3 Å². The third-order valence-electron chi connectivity index (χ3n) is 4.18. The van der Waals surface area contributed by atoms with Gasteiger partial charge in [0, 0.05) is 36.8 Å². The Morgan fingerprint density at radius 2 is 1.38 bits per heavy atom. The molecule has 0 spiro atoms. The molecule has 0 aliphatic carbocycles. The average Bonchev–Trinajstić information content (AvgIpc) is 2.63. The summed E-state index contributed by atoms with van der Waals surface area (Å²) >= 11 is 5.68. The highest BCUT2D eigenvalue weighted by atomic mass is 35.5. The van der Waals surface area contributed by atoms with Crippen molar-refractivity contribution in [1.82, 2.24) is 9.80 Å². The molecule has 1 heterocycles. The highest BCUT2D eigenvalue weighted by Crippen LogP contribution is 2.18. The van der Waals surface area contributed by atoms with Crippen molar-refractivity contribution in [2.45, 2.75) is 0 Å². The van der Waals surface area contributed by atoms with E-state index >= 15 is 0 Å². The molecule has 2 amide bonds. The van der Waals surface area contributed by atoms with Gasteiger partial charge < -0.3 is 9.80 Å². The minimum Gasteiger partial charge on any atom is -0.335 e. The molecule has 136 valence electrons. The van der Waals surface area contributed by atoms with E-state index in [9.17, 15) is 22.8 Å². The zero-order valence-corrected chi connectivity index (χ0v) is 14.3. The van der Waals surface area contributed by atoms with Gasteiger partial charge in [0.2, 0.25) is 0 Å². The molecule has 0 bridgehead atoms. The fourth-order valence-electron chi connectivity index (χ4n) is 2.76. The van der Waals surface area contributed by atoms with Crippen LogP contribution in [-0.2, 0) is 0 Å². The number of amides is 2. The van der Waals surface area contributed by atoms with E-state index in [-0.39, 0.29) is 42.3 Å². The molecule has 1 fully saturated rings. The first kappa shape index (κ1) is 18.3. The maximum Gasteiger partial charge on any atom is 0.256 e. The molecule has 3 rings (SSSR count). The smallest absolute Gasteiger partial charge is 0.256 e. The number of hydrogen-bond acceptors (Lipinski definition) is 2. The molecule has 0 radical (unpaired) electrons. The fraction of sp³-hybridized carbons (Fsp3) is 0.222. The summed E-state index contributed by atoms with van der Waals surface area (Å²) in [6, 6.07) is 6.77. The summed E-state index contributed by atoms with van der Waals surface area (Å²) in [6.45, 7) is 0.824. The maximum absolute atomic E-state index is 13.9. The van der Waals surface area contributed by atoms with E-state index in [1.54, 1.807) is 0 Å². The van der Waals surface area contributed by atoms with Crippen molar-refractivity contribution in [1.29, 1.82) is 0 Å². The Kier molecular flexibility index (Phi) is 5.18. The molecule has 0 saturated carbocycles. The molecule has 2 aromatic carbocycles. The van der Waals surface area contributed by atoms with E-state index in [0.29, 0.717) is 0 Å². The second kappa shape index (κ2) is 7.37. The van der Waals surface area contributed by atoms with Crippen molar-refractivity contribution in [2.24, 2.45) is 0 Å². The Morgan fingerprint density at radius 1 is 0.769 bits per heavy atom. The molecule has 1 aliphatic heterocycles. The van der Waals surface area contributed by atoms with Crippen LogP contribution in [0.2, 0.25) is 5.02 Å². The van der Waals surface area contributed by atoms with Gasteiger partial charge in [0.05, 0.1) is 5.56 Å². The lowest BCUT2D eigenvalue weighted by Crippen LogP contribution is -2.50. The Morgan fingerprint density at radius 3 is 1.96 bits per heavy atom. The van der Waals surface area contributed by atoms with Gasteiger partial charge in [-0.1, -0.05) is 11.6 Å². The summed E-state index contributed by atoms with van der Waals surface area (Å²) in [7, 11) is 0. The molecule has 1 aliphatic rings. The minimum absolute atomic E-state index is 0.0347.